The Labute approximate surface area is 151 Å². The molecular formula is C20H21FN4O. The quantitative estimate of drug-likeness (QED) is 0.712. The maximum Gasteiger partial charge on any atom is 0.272 e. The molecule has 3 heterocycles. The lowest BCUT2D eigenvalue weighted by Gasteiger charge is -2.36. The molecule has 5 nitrogen and oxygen atoms in total. The SMILES string of the molecule is Cc1ccn2c(C(=O)N3CCN(c4ccc(F)cc4)CC3)c(C)nc2c1. The summed E-state index contributed by atoms with van der Waals surface area (Å²) < 4.78 is 15.0. The Balaban J connectivity index is 1.52. The number of hydrogen-bond acceptors (Lipinski definition) is 3. The molecule has 0 saturated carbocycles. The molecule has 1 aromatic carbocycles. The molecule has 1 amide bonds. The number of carbonyl (C=O) groups excluding carboxylic acids is 1. The summed E-state index contributed by atoms with van der Waals surface area (Å²) in [6.07, 6.45) is 1.91. The summed E-state index contributed by atoms with van der Waals surface area (Å²) in [4.78, 5) is 21.6. The number of anilines is 1. The molecule has 1 saturated heterocycles. The Bertz CT molecular complexity index is 956. The van der Waals surface area contributed by atoms with Gasteiger partial charge in [0.15, 0.2) is 0 Å². The van der Waals surface area contributed by atoms with Crippen LogP contribution in [0.4, 0.5) is 10.1 Å². The molecule has 0 atom stereocenters. The van der Waals surface area contributed by atoms with Crippen LogP contribution < -0.4 is 4.90 Å². The third-order valence-corrected chi connectivity index (χ3v) is 4.92. The van der Waals surface area contributed by atoms with Gasteiger partial charge in [-0.25, -0.2) is 9.37 Å². The number of halogens is 1. The van der Waals surface area contributed by atoms with Crippen molar-refractivity contribution in [2.24, 2.45) is 0 Å². The lowest BCUT2D eigenvalue weighted by Crippen LogP contribution is -2.49. The Morgan fingerprint density at radius 2 is 1.73 bits per heavy atom. The minimum atomic E-state index is -0.235. The lowest BCUT2D eigenvalue weighted by atomic mass is 10.2. The third kappa shape index (κ3) is 2.92. The van der Waals surface area contributed by atoms with Crippen LogP contribution in [0.1, 0.15) is 21.7 Å². The minimum absolute atomic E-state index is 0.0117. The van der Waals surface area contributed by atoms with Crippen molar-refractivity contribution < 1.29 is 9.18 Å². The summed E-state index contributed by atoms with van der Waals surface area (Å²) in [5.74, 6) is -0.224. The van der Waals surface area contributed by atoms with Gasteiger partial charge in [-0.2, -0.15) is 0 Å². The van der Waals surface area contributed by atoms with Crippen molar-refractivity contribution in [1.82, 2.24) is 14.3 Å². The molecule has 0 N–H and O–H groups in total. The van der Waals surface area contributed by atoms with Crippen LogP contribution in [0.5, 0.6) is 0 Å². The van der Waals surface area contributed by atoms with Gasteiger partial charge in [-0.3, -0.25) is 9.20 Å². The van der Waals surface area contributed by atoms with Crippen molar-refractivity contribution >= 4 is 17.2 Å². The van der Waals surface area contributed by atoms with Crippen molar-refractivity contribution in [3.63, 3.8) is 0 Å². The fourth-order valence-corrected chi connectivity index (χ4v) is 3.49. The number of hydrogen-bond donors (Lipinski definition) is 0. The van der Waals surface area contributed by atoms with E-state index in [9.17, 15) is 9.18 Å². The van der Waals surface area contributed by atoms with Crippen molar-refractivity contribution in [2.75, 3.05) is 31.1 Å². The second kappa shape index (κ2) is 6.44. The molecule has 0 radical (unpaired) electrons. The normalized spacial score (nSPS) is 14.9. The van der Waals surface area contributed by atoms with Gasteiger partial charge in [0.05, 0.1) is 5.69 Å². The van der Waals surface area contributed by atoms with Gasteiger partial charge in [0.25, 0.3) is 5.91 Å². The molecule has 3 aromatic rings. The van der Waals surface area contributed by atoms with Gasteiger partial charge >= 0.3 is 0 Å². The first-order valence-corrected chi connectivity index (χ1v) is 8.78. The van der Waals surface area contributed by atoms with E-state index in [0.717, 1.165) is 35.7 Å². The number of carbonyl (C=O) groups is 1. The maximum absolute atomic E-state index is 13.1. The van der Waals surface area contributed by atoms with Crippen molar-refractivity contribution in [3.05, 3.63) is 65.4 Å². The van der Waals surface area contributed by atoms with Gasteiger partial charge in [-0.1, -0.05) is 0 Å². The predicted molar refractivity (Wildman–Crippen MR) is 99.2 cm³/mol. The lowest BCUT2D eigenvalue weighted by molar-refractivity contribution is 0.0739. The number of aromatic nitrogens is 2. The van der Waals surface area contributed by atoms with E-state index in [0.29, 0.717) is 18.8 Å². The molecule has 4 rings (SSSR count). The fourth-order valence-electron chi connectivity index (χ4n) is 3.49. The number of benzene rings is 1. The fraction of sp³-hybridized carbons (Fsp3) is 0.300. The van der Waals surface area contributed by atoms with Gasteiger partial charge in [-0.15, -0.1) is 0 Å². The molecule has 2 aromatic heterocycles. The topological polar surface area (TPSA) is 40.9 Å². The van der Waals surface area contributed by atoms with E-state index in [4.69, 9.17) is 0 Å². The second-order valence-electron chi connectivity index (χ2n) is 6.73. The van der Waals surface area contributed by atoms with Crippen LogP contribution in [-0.2, 0) is 0 Å². The molecular weight excluding hydrogens is 331 g/mol. The third-order valence-electron chi connectivity index (χ3n) is 4.92. The molecule has 26 heavy (non-hydrogen) atoms. The van der Waals surface area contributed by atoms with E-state index in [1.165, 1.54) is 12.1 Å². The maximum atomic E-state index is 13.1. The Morgan fingerprint density at radius 1 is 1.04 bits per heavy atom. The van der Waals surface area contributed by atoms with Gasteiger partial charge in [0, 0.05) is 38.1 Å². The van der Waals surface area contributed by atoms with E-state index >= 15 is 0 Å². The first-order valence-electron chi connectivity index (χ1n) is 8.78. The molecule has 0 aliphatic carbocycles. The highest BCUT2D eigenvalue weighted by Gasteiger charge is 2.26. The molecule has 0 unspecified atom stereocenters. The summed E-state index contributed by atoms with van der Waals surface area (Å²) in [6, 6.07) is 10.5. The molecule has 1 aliphatic heterocycles. The number of nitrogens with zero attached hydrogens (tertiary/aromatic N) is 4. The van der Waals surface area contributed by atoms with Crippen LogP contribution in [0.3, 0.4) is 0 Å². The zero-order chi connectivity index (χ0) is 18.3. The smallest absolute Gasteiger partial charge is 0.272 e. The van der Waals surface area contributed by atoms with E-state index in [2.05, 4.69) is 9.88 Å². The summed E-state index contributed by atoms with van der Waals surface area (Å²) in [6.45, 7) is 6.62. The molecule has 134 valence electrons. The number of aryl methyl sites for hydroxylation is 2. The monoisotopic (exact) mass is 352 g/mol. The molecule has 0 spiro atoms. The predicted octanol–water partition coefficient (Wildman–Crippen LogP) is 3.05. The molecule has 1 aliphatic rings. The summed E-state index contributed by atoms with van der Waals surface area (Å²) in [7, 11) is 0. The van der Waals surface area contributed by atoms with Crippen molar-refractivity contribution in [3.8, 4) is 0 Å². The number of piperazine rings is 1. The Morgan fingerprint density at radius 3 is 2.42 bits per heavy atom. The van der Waals surface area contributed by atoms with Gasteiger partial charge in [0.1, 0.15) is 17.2 Å². The second-order valence-corrected chi connectivity index (χ2v) is 6.73. The zero-order valence-corrected chi connectivity index (χ0v) is 14.9. The zero-order valence-electron chi connectivity index (χ0n) is 14.9. The largest absolute Gasteiger partial charge is 0.368 e. The summed E-state index contributed by atoms with van der Waals surface area (Å²) in [5, 5.41) is 0. The van der Waals surface area contributed by atoms with Crippen molar-refractivity contribution in [2.45, 2.75) is 13.8 Å². The minimum Gasteiger partial charge on any atom is -0.368 e. The molecule has 6 heteroatoms. The first kappa shape index (κ1) is 16.6. The summed E-state index contributed by atoms with van der Waals surface area (Å²) >= 11 is 0. The number of imidazole rings is 1. The van der Waals surface area contributed by atoms with E-state index in [1.807, 2.05) is 41.5 Å². The van der Waals surface area contributed by atoms with Crippen LogP contribution >= 0.6 is 0 Å². The average Bonchev–Trinajstić information content (AvgIpc) is 2.96. The van der Waals surface area contributed by atoms with Crippen LogP contribution in [0, 0.1) is 19.7 Å². The van der Waals surface area contributed by atoms with Crippen LogP contribution in [0.2, 0.25) is 0 Å². The van der Waals surface area contributed by atoms with E-state index in [-0.39, 0.29) is 11.7 Å². The van der Waals surface area contributed by atoms with Gasteiger partial charge in [0.2, 0.25) is 0 Å². The van der Waals surface area contributed by atoms with Crippen molar-refractivity contribution in [1.29, 1.82) is 0 Å². The number of amides is 1. The number of fused-ring (bicyclic) bond motifs is 1. The standard InChI is InChI=1S/C20H21FN4O/c1-14-7-8-25-18(13-14)22-15(2)19(25)20(26)24-11-9-23(10-12-24)17-5-3-16(21)4-6-17/h3-8,13H,9-12H2,1-2H3. The van der Waals surface area contributed by atoms with Crippen LogP contribution in [0.25, 0.3) is 5.65 Å². The highest BCUT2D eigenvalue weighted by Crippen LogP contribution is 2.20. The van der Waals surface area contributed by atoms with Crippen LogP contribution in [-0.4, -0.2) is 46.4 Å². The Kier molecular flexibility index (Phi) is 4.11. The highest BCUT2D eigenvalue weighted by atomic mass is 19.1. The highest BCUT2D eigenvalue weighted by molar-refractivity contribution is 5.95. The average molecular weight is 352 g/mol. The molecule has 1 fully saturated rings. The van der Waals surface area contributed by atoms with Gasteiger partial charge in [-0.05, 0) is 55.8 Å². The number of rotatable bonds is 2. The Hall–Kier alpha value is -2.89. The molecule has 0 bridgehead atoms. The van der Waals surface area contributed by atoms with E-state index < -0.39 is 0 Å². The summed E-state index contributed by atoms with van der Waals surface area (Å²) in [5.41, 5.74) is 4.29. The van der Waals surface area contributed by atoms with Gasteiger partial charge < -0.3 is 9.80 Å². The van der Waals surface area contributed by atoms with E-state index in [1.54, 1.807) is 12.1 Å². The first-order chi connectivity index (χ1) is 12.5. The number of pyridine rings is 1. The van der Waals surface area contributed by atoms with Crippen LogP contribution in [0.15, 0.2) is 42.6 Å².